The Labute approximate surface area is 113 Å². The van der Waals surface area contributed by atoms with E-state index in [4.69, 9.17) is 0 Å². The number of H-pyrrole nitrogens is 1. The van der Waals surface area contributed by atoms with Gasteiger partial charge in [0, 0.05) is 6.04 Å². The van der Waals surface area contributed by atoms with E-state index < -0.39 is 0 Å². The van der Waals surface area contributed by atoms with Crippen molar-refractivity contribution in [2.24, 2.45) is 0 Å². The van der Waals surface area contributed by atoms with Crippen LogP contribution in [0.4, 0.5) is 0 Å². The van der Waals surface area contributed by atoms with Crippen molar-refractivity contribution in [2.45, 2.75) is 38.8 Å². The van der Waals surface area contributed by atoms with E-state index in [0.29, 0.717) is 6.04 Å². The lowest BCUT2D eigenvalue weighted by molar-refractivity contribution is 0.0822. The fourth-order valence-corrected chi connectivity index (χ4v) is 2.92. The van der Waals surface area contributed by atoms with Gasteiger partial charge in [-0.15, -0.1) is 0 Å². The second-order valence-electron chi connectivity index (χ2n) is 5.51. The maximum atomic E-state index is 9.44. The van der Waals surface area contributed by atoms with Crippen LogP contribution in [0.2, 0.25) is 0 Å². The van der Waals surface area contributed by atoms with Crippen LogP contribution in [-0.4, -0.2) is 39.2 Å². The van der Waals surface area contributed by atoms with Gasteiger partial charge in [0.25, 0.3) is 0 Å². The number of imidazole rings is 1. The molecule has 0 saturated carbocycles. The maximum Gasteiger partial charge on any atom is 0.121 e. The number of hydrogen-bond donors (Lipinski definition) is 2. The Morgan fingerprint density at radius 3 is 3.16 bits per heavy atom. The van der Waals surface area contributed by atoms with Crippen LogP contribution in [0.3, 0.4) is 0 Å². The van der Waals surface area contributed by atoms with E-state index in [1.807, 2.05) is 0 Å². The molecule has 0 bridgehead atoms. The lowest BCUT2D eigenvalue weighted by Gasteiger charge is -2.33. The molecule has 1 atom stereocenters. The van der Waals surface area contributed by atoms with Crippen LogP contribution < -0.4 is 0 Å². The van der Waals surface area contributed by atoms with Crippen LogP contribution in [0.25, 0.3) is 11.0 Å². The molecule has 2 N–H and O–H groups in total. The largest absolute Gasteiger partial charge is 0.395 e. The van der Waals surface area contributed by atoms with E-state index in [0.717, 1.165) is 36.4 Å². The van der Waals surface area contributed by atoms with Crippen LogP contribution in [0.15, 0.2) is 18.2 Å². The molecule has 0 spiro atoms. The molecule has 102 valence electrons. The predicted octanol–water partition coefficient (Wildman–Crippen LogP) is 2.22. The lowest BCUT2D eigenvalue weighted by Crippen LogP contribution is -2.41. The molecular formula is C15H21N3O. The number of rotatable bonds is 3. The van der Waals surface area contributed by atoms with Gasteiger partial charge in [0.05, 0.1) is 24.2 Å². The number of aromatic nitrogens is 2. The Kier molecular flexibility index (Phi) is 3.53. The van der Waals surface area contributed by atoms with Gasteiger partial charge in [-0.1, -0.05) is 12.5 Å². The van der Waals surface area contributed by atoms with E-state index in [1.165, 1.54) is 18.4 Å². The number of aromatic amines is 1. The third kappa shape index (κ3) is 2.65. The second-order valence-corrected chi connectivity index (χ2v) is 5.51. The van der Waals surface area contributed by atoms with Crippen molar-refractivity contribution in [3.63, 3.8) is 0 Å². The van der Waals surface area contributed by atoms with Gasteiger partial charge in [0.15, 0.2) is 0 Å². The Morgan fingerprint density at radius 1 is 1.42 bits per heavy atom. The molecule has 1 saturated heterocycles. The summed E-state index contributed by atoms with van der Waals surface area (Å²) in [7, 11) is 0. The van der Waals surface area contributed by atoms with Crippen molar-refractivity contribution in [1.82, 2.24) is 14.9 Å². The number of benzene rings is 1. The van der Waals surface area contributed by atoms with Gasteiger partial charge in [-0.05, 0) is 44.0 Å². The SMILES string of the molecule is Cc1ccc2nc(CN3CCCCC3CO)[nH]c2c1. The van der Waals surface area contributed by atoms with Crippen LogP contribution in [-0.2, 0) is 6.54 Å². The van der Waals surface area contributed by atoms with Crippen LogP contribution in [0.5, 0.6) is 0 Å². The number of aliphatic hydroxyl groups is 1. The molecular weight excluding hydrogens is 238 g/mol. The first-order valence-corrected chi connectivity index (χ1v) is 7.06. The van der Waals surface area contributed by atoms with Crippen molar-refractivity contribution >= 4 is 11.0 Å². The second kappa shape index (κ2) is 5.31. The average Bonchev–Trinajstić information content (AvgIpc) is 2.80. The zero-order valence-electron chi connectivity index (χ0n) is 11.4. The molecule has 1 aromatic carbocycles. The van der Waals surface area contributed by atoms with Crippen molar-refractivity contribution < 1.29 is 5.11 Å². The molecule has 2 aromatic rings. The minimum Gasteiger partial charge on any atom is -0.395 e. The van der Waals surface area contributed by atoms with Gasteiger partial charge in [0.1, 0.15) is 5.82 Å². The van der Waals surface area contributed by atoms with Crippen molar-refractivity contribution in [2.75, 3.05) is 13.2 Å². The normalized spacial score (nSPS) is 21.1. The van der Waals surface area contributed by atoms with E-state index in [9.17, 15) is 5.11 Å². The molecule has 0 amide bonds. The number of hydrogen-bond acceptors (Lipinski definition) is 3. The standard InChI is InChI=1S/C15H21N3O/c1-11-5-6-13-14(8-11)17-15(16-13)9-18-7-3-2-4-12(18)10-19/h5-6,8,12,19H,2-4,7,9-10H2,1H3,(H,16,17). The van der Waals surface area contributed by atoms with Crippen molar-refractivity contribution in [3.05, 3.63) is 29.6 Å². The quantitative estimate of drug-likeness (QED) is 0.888. The zero-order chi connectivity index (χ0) is 13.2. The molecule has 1 unspecified atom stereocenters. The number of aliphatic hydroxyl groups excluding tert-OH is 1. The monoisotopic (exact) mass is 259 g/mol. The molecule has 0 aliphatic carbocycles. The molecule has 1 fully saturated rings. The first-order valence-electron chi connectivity index (χ1n) is 7.06. The molecule has 4 heteroatoms. The van der Waals surface area contributed by atoms with Gasteiger partial charge in [0.2, 0.25) is 0 Å². The number of likely N-dealkylation sites (tertiary alicyclic amines) is 1. The summed E-state index contributed by atoms with van der Waals surface area (Å²) in [5.41, 5.74) is 3.37. The van der Waals surface area contributed by atoms with Gasteiger partial charge in [-0.2, -0.15) is 0 Å². The summed E-state index contributed by atoms with van der Waals surface area (Å²) in [6, 6.07) is 6.57. The number of fused-ring (bicyclic) bond motifs is 1. The molecule has 4 nitrogen and oxygen atoms in total. The van der Waals surface area contributed by atoms with Crippen molar-refractivity contribution in [3.8, 4) is 0 Å². The number of nitrogens with zero attached hydrogens (tertiary/aromatic N) is 2. The van der Waals surface area contributed by atoms with Gasteiger partial charge < -0.3 is 10.1 Å². The van der Waals surface area contributed by atoms with Gasteiger partial charge in [-0.3, -0.25) is 4.90 Å². The zero-order valence-corrected chi connectivity index (χ0v) is 11.4. The summed E-state index contributed by atoms with van der Waals surface area (Å²) in [5.74, 6) is 1.00. The minimum atomic E-state index is 0.249. The van der Waals surface area contributed by atoms with Gasteiger partial charge in [-0.25, -0.2) is 4.98 Å². The van der Waals surface area contributed by atoms with E-state index in [2.05, 4.69) is 40.0 Å². The lowest BCUT2D eigenvalue weighted by atomic mass is 10.0. The third-order valence-corrected chi connectivity index (χ3v) is 4.00. The van der Waals surface area contributed by atoms with Crippen LogP contribution in [0, 0.1) is 6.92 Å². The molecule has 1 aliphatic rings. The van der Waals surface area contributed by atoms with Gasteiger partial charge >= 0.3 is 0 Å². The van der Waals surface area contributed by atoms with Crippen LogP contribution in [0.1, 0.15) is 30.7 Å². The molecule has 19 heavy (non-hydrogen) atoms. The highest BCUT2D eigenvalue weighted by Crippen LogP contribution is 2.20. The first kappa shape index (κ1) is 12.6. The Balaban J connectivity index is 1.80. The highest BCUT2D eigenvalue weighted by atomic mass is 16.3. The topological polar surface area (TPSA) is 52.1 Å². The molecule has 2 heterocycles. The number of aryl methyl sites for hydroxylation is 1. The fraction of sp³-hybridized carbons (Fsp3) is 0.533. The van der Waals surface area contributed by atoms with E-state index in [1.54, 1.807) is 0 Å². The maximum absolute atomic E-state index is 9.44. The third-order valence-electron chi connectivity index (χ3n) is 4.00. The van der Waals surface area contributed by atoms with Crippen LogP contribution >= 0.6 is 0 Å². The first-order chi connectivity index (χ1) is 9.26. The summed E-state index contributed by atoms with van der Waals surface area (Å²) in [6.45, 7) is 4.20. The minimum absolute atomic E-state index is 0.249. The summed E-state index contributed by atoms with van der Waals surface area (Å²) in [5, 5.41) is 9.44. The van der Waals surface area contributed by atoms with E-state index >= 15 is 0 Å². The van der Waals surface area contributed by atoms with Crippen molar-refractivity contribution in [1.29, 1.82) is 0 Å². The van der Waals surface area contributed by atoms with E-state index in [-0.39, 0.29) is 6.61 Å². The molecule has 3 rings (SSSR count). The molecule has 1 aliphatic heterocycles. The Morgan fingerprint density at radius 2 is 2.32 bits per heavy atom. The average molecular weight is 259 g/mol. The predicted molar refractivity (Wildman–Crippen MR) is 76.0 cm³/mol. The molecule has 0 radical (unpaired) electrons. The fourth-order valence-electron chi connectivity index (χ4n) is 2.92. The summed E-state index contributed by atoms with van der Waals surface area (Å²) < 4.78 is 0. The number of piperidine rings is 1. The molecule has 1 aromatic heterocycles. The highest BCUT2D eigenvalue weighted by molar-refractivity contribution is 5.75. The number of nitrogens with one attached hydrogen (secondary N) is 1. The Bertz CT molecular complexity index is 564. The summed E-state index contributed by atoms with van der Waals surface area (Å²) in [6.07, 6.45) is 3.53. The summed E-state index contributed by atoms with van der Waals surface area (Å²) >= 11 is 0. The summed E-state index contributed by atoms with van der Waals surface area (Å²) in [4.78, 5) is 10.4. The smallest absolute Gasteiger partial charge is 0.121 e. The highest BCUT2D eigenvalue weighted by Gasteiger charge is 2.22. The Hall–Kier alpha value is -1.39.